The zero-order valence-corrected chi connectivity index (χ0v) is 15.3. The maximum atomic E-state index is 12.6. The van der Waals surface area contributed by atoms with Crippen LogP contribution in [0.25, 0.3) is 21.1 Å². The van der Waals surface area contributed by atoms with Crippen LogP contribution in [0.2, 0.25) is 0 Å². The molecule has 0 fully saturated rings. The van der Waals surface area contributed by atoms with E-state index in [0.717, 1.165) is 21.1 Å². The normalized spacial score (nSPS) is 11.5. The first-order valence-corrected chi connectivity index (χ1v) is 8.99. The van der Waals surface area contributed by atoms with E-state index < -0.39 is 0 Å². The molecule has 1 aromatic carbocycles. The molecule has 3 N–H and O–H groups in total. The number of carbonyl (C=O) groups is 1. The second kappa shape index (κ2) is 6.06. The van der Waals surface area contributed by atoms with Gasteiger partial charge in [0.2, 0.25) is 5.82 Å². The molecular formula is C18H17N5O2S. The molecule has 8 heteroatoms. The maximum Gasteiger partial charge on any atom is 0.269 e. The molecule has 7 nitrogen and oxygen atoms in total. The van der Waals surface area contributed by atoms with Crippen LogP contribution in [0.3, 0.4) is 0 Å². The van der Waals surface area contributed by atoms with Crippen molar-refractivity contribution in [2.45, 2.75) is 26.7 Å². The third-order valence-electron chi connectivity index (χ3n) is 4.29. The number of hydrogen-bond acceptors (Lipinski definition) is 7. The molecule has 132 valence electrons. The quantitative estimate of drug-likeness (QED) is 0.564. The average molecular weight is 367 g/mol. The molecular weight excluding hydrogens is 350 g/mol. The second-order valence-corrected chi connectivity index (χ2v) is 7.44. The van der Waals surface area contributed by atoms with Gasteiger partial charge >= 0.3 is 0 Å². The number of rotatable bonds is 3. The number of nitrogens with zero attached hydrogens (tertiary/aromatic N) is 3. The fourth-order valence-electron chi connectivity index (χ4n) is 2.76. The summed E-state index contributed by atoms with van der Waals surface area (Å²) in [6.07, 6.45) is 0. The van der Waals surface area contributed by atoms with Gasteiger partial charge in [0.25, 0.3) is 5.91 Å². The summed E-state index contributed by atoms with van der Waals surface area (Å²) in [6, 6.07) is 8.20. The maximum absolute atomic E-state index is 12.6. The lowest BCUT2D eigenvalue weighted by molar-refractivity contribution is 0.103. The van der Waals surface area contributed by atoms with Gasteiger partial charge in [-0.15, -0.1) is 11.3 Å². The standard InChI is InChI=1S/C18H17N5O2S/c1-8(2)10-4-5-13-11(6-10)7-12-14(19)15(26-18(12)20-13)17(24)21-16-9(3)22-25-23-16/h4-8H,19H2,1-3H3,(H,21,23,24). The molecule has 0 aliphatic carbocycles. The first-order chi connectivity index (χ1) is 12.4. The van der Waals surface area contributed by atoms with E-state index >= 15 is 0 Å². The lowest BCUT2D eigenvalue weighted by atomic mass is 10.0. The number of carbonyl (C=O) groups excluding carboxylic acids is 1. The zero-order valence-electron chi connectivity index (χ0n) is 14.5. The van der Waals surface area contributed by atoms with Gasteiger partial charge < -0.3 is 11.1 Å². The number of pyridine rings is 1. The molecule has 4 rings (SSSR count). The Morgan fingerprint density at radius 2 is 2.08 bits per heavy atom. The molecule has 1 amide bonds. The van der Waals surface area contributed by atoms with Gasteiger partial charge in [0.05, 0.1) is 11.2 Å². The van der Waals surface area contributed by atoms with Crippen LogP contribution in [-0.2, 0) is 0 Å². The number of aryl methyl sites for hydroxylation is 1. The largest absolute Gasteiger partial charge is 0.397 e. The summed E-state index contributed by atoms with van der Waals surface area (Å²) in [5.41, 5.74) is 9.28. The van der Waals surface area contributed by atoms with E-state index in [-0.39, 0.29) is 11.7 Å². The smallest absolute Gasteiger partial charge is 0.269 e. The molecule has 0 saturated heterocycles. The average Bonchev–Trinajstić information content (AvgIpc) is 3.16. The lowest BCUT2D eigenvalue weighted by Crippen LogP contribution is -2.12. The molecule has 0 bridgehead atoms. The third kappa shape index (κ3) is 2.68. The number of hydrogen-bond donors (Lipinski definition) is 2. The number of fused-ring (bicyclic) bond motifs is 2. The fourth-order valence-corrected chi connectivity index (χ4v) is 3.74. The van der Waals surface area contributed by atoms with Crippen molar-refractivity contribution in [3.05, 3.63) is 40.4 Å². The summed E-state index contributed by atoms with van der Waals surface area (Å²) in [5.74, 6) is 0.360. The Hall–Kier alpha value is -3.00. The summed E-state index contributed by atoms with van der Waals surface area (Å²) in [5, 5.41) is 11.8. The van der Waals surface area contributed by atoms with Crippen molar-refractivity contribution < 1.29 is 9.42 Å². The van der Waals surface area contributed by atoms with Crippen LogP contribution in [0, 0.1) is 6.92 Å². The Labute approximate surface area is 153 Å². The van der Waals surface area contributed by atoms with E-state index in [9.17, 15) is 4.79 Å². The molecule has 0 atom stereocenters. The van der Waals surface area contributed by atoms with E-state index in [2.05, 4.69) is 51.2 Å². The highest BCUT2D eigenvalue weighted by Gasteiger charge is 2.20. The molecule has 0 spiro atoms. The monoisotopic (exact) mass is 367 g/mol. The molecule has 0 aliphatic heterocycles. The minimum absolute atomic E-state index is 0.284. The molecule has 3 heterocycles. The van der Waals surface area contributed by atoms with Crippen LogP contribution in [0.1, 0.15) is 40.7 Å². The molecule has 3 aromatic heterocycles. The number of benzene rings is 1. The van der Waals surface area contributed by atoms with Crippen LogP contribution in [0.15, 0.2) is 28.9 Å². The van der Waals surface area contributed by atoms with Gasteiger partial charge in [-0.2, -0.15) is 0 Å². The molecule has 0 unspecified atom stereocenters. The van der Waals surface area contributed by atoms with Gasteiger partial charge in [0, 0.05) is 10.8 Å². The van der Waals surface area contributed by atoms with Crippen molar-refractivity contribution in [3.63, 3.8) is 0 Å². The Morgan fingerprint density at radius 1 is 1.27 bits per heavy atom. The predicted octanol–water partition coefficient (Wildman–Crippen LogP) is 4.10. The summed E-state index contributed by atoms with van der Waals surface area (Å²) >= 11 is 1.26. The highest BCUT2D eigenvalue weighted by atomic mass is 32.1. The van der Waals surface area contributed by atoms with Gasteiger partial charge in [-0.1, -0.05) is 25.1 Å². The Morgan fingerprint density at radius 3 is 2.77 bits per heavy atom. The van der Waals surface area contributed by atoms with Crippen molar-refractivity contribution in [1.82, 2.24) is 15.3 Å². The predicted molar refractivity (Wildman–Crippen MR) is 103 cm³/mol. The molecule has 0 saturated carbocycles. The van der Waals surface area contributed by atoms with E-state index in [4.69, 9.17) is 5.73 Å². The van der Waals surface area contributed by atoms with Crippen LogP contribution in [0.5, 0.6) is 0 Å². The van der Waals surface area contributed by atoms with E-state index in [1.54, 1.807) is 6.92 Å². The number of amides is 1. The van der Waals surface area contributed by atoms with Crippen molar-refractivity contribution in [3.8, 4) is 0 Å². The first kappa shape index (κ1) is 16.5. The van der Waals surface area contributed by atoms with Gasteiger partial charge in [0.15, 0.2) is 0 Å². The number of nitrogens with two attached hydrogens (primary N) is 1. The highest BCUT2D eigenvalue weighted by molar-refractivity contribution is 7.21. The molecule has 0 radical (unpaired) electrons. The van der Waals surface area contributed by atoms with Crippen molar-refractivity contribution in [2.24, 2.45) is 0 Å². The van der Waals surface area contributed by atoms with E-state index in [0.29, 0.717) is 22.2 Å². The van der Waals surface area contributed by atoms with Crippen molar-refractivity contribution >= 4 is 49.9 Å². The van der Waals surface area contributed by atoms with Crippen molar-refractivity contribution in [2.75, 3.05) is 11.1 Å². The van der Waals surface area contributed by atoms with Gasteiger partial charge in [-0.3, -0.25) is 4.79 Å². The molecule has 4 aromatic rings. The highest BCUT2D eigenvalue weighted by Crippen LogP contribution is 2.35. The minimum Gasteiger partial charge on any atom is -0.397 e. The number of nitrogen functional groups attached to an aromatic ring is 1. The van der Waals surface area contributed by atoms with Gasteiger partial charge in [-0.05, 0) is 41.8 Å². The number of aromatic nitrogens is 3. The second-order valence-electron chi connectivity index (χ2n) is 6.45. The van der Waals surface area contributed by atoms with Crippen LogP contribution in [0.4, 0.5) is 11.5 Å². The van der Waals surface area contributed by atoms with Gasteiger partial charge in [-0.25, -0.2) is 9.61 Å². The number of thiophene rings is 1. The van der Waals surface area contributed by atoms with Crippen LogP contribution >= 0.6 is 11.3 Å². The van der Waals surface area contributed by atoms with Gasteiger partial charge in [0.1, 0.15) is 15.4 Å². The summed E-state index contributed by atoms with van der Waals surface area (Å²) in [4.78, 5) is 18.4. The fraction of sp³-hybridized carbons (Fsp3) is 0.222. The Bertz CT molecular complexity index is 1150. The lowest BCUT2D eigenvalue weighted by Gasteiger charge is -2.06. The SMILES string of the molecule is Cc1nonc1NC(=O)c1sc2nc3ccc(C(C)C)cc3cc2c1N. The number of anilines is 2. The summed E-state index contributed by atoms with van der Waals surface area (Å²) in [7, 11) is 0. The van der Waals surface area contributed by atoms with Crippen LogP contribution < -0.4 is 11.1 Å². The first-order valence-electron chi connectivity index (χ1n) is 8.17. The summed E-state index contributed by atoms with van der Waals surface area (Å²) < 4.78 is 4.60. The number of nitrogens with one attached hydrogen (secondary N) is 1. The molecule has 26 heavy (non-hydrogen) atoms. The van der Waals surface area contributed by atoms with Crippen LogP contribution in [-0.4, -0.2) is 21.2 Å². The Kier molecular flexibility index (Phi) is 3.84. The zero-order chi connectivity index (χ0) is 18.4. The third-order valence-corrected chi connectivity index (χ3v) is 5.41. The topological polar surface area (TPSA) is 107 Å². The van der Waals surface area contributed by atoms with E-state index in [1.165, 1.54) is 16.9 Å². The minimum atomic E-state index is -0.351. The molecule has 0 aliphatic rings. The summed E-state index contributed by atoms with van der Waals surface area (Å²) in [6.45, 7) is 5.99. The van der Waals surface area contributed by atoms with E-state index in [1.807, 2.05) is 12.1 Å². The van der Waals surface area contributed by atoms with Crippen molar-refractivity contribution in [1.29, 1.82) is 0 Å². The Balaban J connectivity index is 1.79.